The van der Waals surface area contributed by atoms with Gasteiger partial charge in [-0.2, -0.15) is 0 Å². The smallest absolute Gasteiger partial charge is 0.305 e. The molecular formula is C19H30O2. The van der Waals surface area contributed by atoms with Gasteiger partial charge in [-0.1, -0.05) is 57.3 Å². The normalized spacial score (nSPS) is 9.24. The summed E-state index contributed by atoms with van der Waals surface area (Å²) in [6, 6.07) is 0. The van der Waals surface area contributed by atoms with Crippen LogP contribution in [0.15, 0.2) is 0 Å². The molecule has 0 fully saturated rings. The molecule has 0 amide bonds. The van der Waals surface area contributed by atoms with Gasteiger partial charge in [0.25, 0.3) is 0 Å². The lowest BCUT2D eigenvalue weighted by Crippen LogP contribution is -1.98. The average Bonchev–Trinajstić information content (AvgIpc) is 2.50. The molecule has 21 heavy (non-hydrogen) atoms. The second kappa shape index (κ2) is 16.6. The van der Waals surface area contributed by atoms with E-state index in [9.17, 15) is 4.79 Å². The summed E-state index contributed by atoms with van der Waals surface area (Å²) in [6.07, 6.45) is 13.2. The van der Waals surface area contributed by atoms with Gasteiger partial charge in [-0.3, -0.25) is 4.79 Å². The zero-order valence-electron chi connectivity index (χ0n) is 13.8. The van der Waals surface area contributed by atoms with Crippen molar-refractivity contribution in [3.63, 3.8) is 0 Å². The van der Waals surface area contributed by atoms with Crippen LogP contribution in [0.1, 0.15) is 84.0 Å². The summed E-state index contributed by atoms with van der Waals surface area (Å²) in [6.45, 7) is 2.24. The van der Waals surface area contributed by atoms with Gasteiger partial charge in [0.15, 0.2) is 0 Å². The predicted molar refractivity (Wildman–Crippen MR) is 88.6 cm³/mol. The van der Waals surface area contributed by atoms with Crippen molar-refractivity contribution < 1.29 is 9.53 Å². The fraction of sp³-hybridized carbons (Fsp3) is 0.737. The maximum atomic E-state index is 10.9. The van der Waals surface area contributed by atoms with Crippen molar-refractivity contribution in [2.45, 2.75) is 84.0 Å². The number of hydrogen-bond acceptors (Lipinski definition) is 2. The quantitative estimate of drug-likeness (QED) is 0.308. The minimum atomic E-state index is -0.123. The molecule has 0 saturated carbocycles. The third-order valence-corrected chi connectivity index (χ3v) is 3.30. The lowest BCUT2D eigenvalue weighted by atomic mass is 10.1. The van der Waals surface area contributed by atoms with Crippen LogP contribution in [-0.4, -0.2) is 13.1 Å². The highest BCUT2D eigenvalue weighted by atomic mass is 16.5. The Morgan fingerprint density at radius 3 is 1.90 bits per heavy atom. The minimum Gasteiger partial charge on any atom is -0.469 e. The number of esters is 1. The minimum absolute atomic E-state index is 0.123. The van der Waals surface area contributed by atoms with E-state index in [0.717, 1.165) is 32.1 Å². The standard InChI is InChI=1S/C19H30O2/c1-3-4-5-6-7-8-9-10-11-12-13-14-15-16-17-18-19(20)21-2/h3-9,14-18H2,1-2H3. The van der Waals surface area contributed by atoms with E-state index >= 15 is 0 Å². The van der Waals surface area contributed by atoms with Gasteiger partial charge in [-0.25, -0.2) is 0 Å². The fourth-order valence-corrected chi connectivity index (χ4v) is 1.97. The lowest BCUT2D eigenvalue weighted by molar-refractivity contribution is -0.140. The van der Waals surface area contributed by atoms with Crippen LogP contribution in [0, 0.1) is 23.7 Å². The number of unbranched alkanes of at least 4 members (excludes halogenated alkanes) is 9. The largest absolute Gasteiger partial charge is 0.469 e. The Hall–Kier alpha value is -1.41. The van der Waals surface area contributed by atoms with Crippen LogP contribution in [0.5, 0.6) is 0 Å². The van der Waals surface area contributed by atoms with E-state index in [0.29, 0.717) is 6.42 Å². The zero-order valence-corrected chi connectivity index (χ0v) is 13.8. The lowest BCUT2D eigenvalue weighted by Gasteiger charge is -1.97. The van der Waals surface area contributed by atoms with Crippen LogP contribution in [-0.2, 0) is 9.53 Å². The highest BCUT2D eigenvalue weighted by Gasteiger charge is 1.97. The first kappa shape index (κ1) is 19.6. The monoisotopic (exact) mass is 290 g/mol. The molecule has 118 valence electrons. The van der Waals surface area contributed by atoms with Gasteiger partial charge in [-0.15, -0.1) is 0 Å². The maximum absolute atomic E-state index is 10.9. The Bertz CT molecular complexity index is 362. The first-order valence-corrected chi connectivity index (χ1v) is 8.33. The summed E-state index contributed by atoms with van der Waals surface area (Å²) in [7, 11) is 1.43. The van der Waals surface area contributed by atoms with Gasteiger partial charge in [-0.05, 0) is 31.1 Å². The topological polar surface area (TPSA) is 26.3 Å². The molecule has 0 N–H and O–H groups in total. The molecule has 0 aromatic rings. The van der Waals surface area contributed by atoms with E-state index in [1.165, 1.54) is 45.6 Å². The number of carbonyl (C=O) groups excluding carboxylic acids is 1. The van der Waals surface area contributed by atoms with Gasteiger partial charge in [0.1, 0.15) is 0 Å². The first-order chi connectivity index (χ1) is 10.3. The molecule has 0 aliphatic carbocycles. The molecule has 0 aromatic heterocycles. The van der Waals surface area contributed by atoms with E-state index in [1.807, 2.05) is 0 Å². The highest BCUT2D eigenvalue weighted by molar-refractivity contribution is 5.68. The molecule has 0 radical (unpaired) electrons. The Balaban J connectivity index is 3.33. The van der Waals surface area contributed by atoms with Gasteiger partial charge in [0.2, 0.25) is 0 Å². The van der Waals surface area contributed by atoms with E-state index < -0.39 is 0 Å². The Morgan fingerprint density at radius 2 is 1.33 bits per heavy atom. The van der Waals surface area contributed by atoms with Gasteiger partial charge < -0.3 is 4.74 Å². The van der Waals surface area contributed by atoms with Crippen LogP contribution in [0.4, 0.5) is 0 Å². The molecule has 0 rings (SSSR count). The number of ether oxygens (including phenoxy) is 1. The zero-order chi connectivity index (χ0) is 15.6. The van der Waals surface area contributed by atoms with Crippen LogP contribution in [0.3, 0.4) is 0 Å². The summed E-state index contributed by atoms with van der Waals surface area (Å²) < 4.78 is 4.58. The van der Waals surface area contributed by atoms with Crippen molar-refractivity contribution >= 4 is 5.97 Å². The molecule has 0 saturated heterocycles. The third-order valence-electron chi connectivity index (χ3n) is 3.30. The molecule has 0 atom stereocenters. The maximum Gasteiger partial charge on any atom is 0.305 e. The van der Waals surface area contributed by atoms with Crippen LogP contribution in [0.25, 0.3) is 0 Å². The summed E-state index contributed by atoms with van der Waals surface area (Å²) in [4.78, 5) is 10.9. The van der Waals surface area contributed by atoms with Crippen LogP contribution >= 0.6 is 0 Å². The molecule has 0 unspecified atom stereocenters. The van der Waals surface area contributed by atoms with Gasteiger partial charge >= 0.3 is 5.97 Å². The highest BCUT2D eigenvalue weighted by Crippen LogP contribution is 2.06. The van der Waals surface area contributed by atoms with Crippen molar-refractivity contribution in [3.8, 4) is 23.7 Å². The molecule has 2 heteroatoms. The second-order valence-corrected chi connectivity index (χ2v) is 5.26. The molecule has 0 spiro atoms. The van der Waals surface area contributed by atoms with E-state index in [1.54, 1.807) is 0 Å². The van der Waals surface area contributed by atoms with Crippen molar-refractivity contribution in [3.05, 3.63) is 0 Å². The first-order valence-electron chi connectivity index (χ1n) is 8.33. The van der Waals surface area contributed by atoms with Crippen molar-refractivity contribution in [2.24, 2.45) is 0 Å². The Labute approximate surface area is 131 Å². The van der Waals surface area contributed by atoms with E-state index in [-0.39, 0.29) is 5.97 Å². The van der Waals surface area contributed by atoms with Gasteiger partial charge in [0.05, 0.1) is 7.11 Å². The number of carbonyl (C=O) groups is 1. The summed E-state index contributed by atoms with van der Waals surface area (Å²) in [5, 5.41) is 0. The molecule has 2 nitrogen and oxygen atoms in total. The SMILES string of the molecule is CCCCCCCCC#CC#CCCCCCC(=O)OC. The van der Waals surface area contributed by atoms with Crippen molar-refractivity contribution in [1.82, 2.24) is 0 Å². The summed E-state index contributed by atoms with van der Waals surface area (Å²) in [5.74, 6) is 11.9. The predicted octanol–water partition coefficient (Wildman–Crippen LogP) is 4.87. The van der Waals surface area contributed by atoms with Crippen LogP contribution < -0.4 is 0 Å². The van der Waals surface area contributed by atoms with Crippen LogP contribution in [0.2, 0.25) is 0 Å². The summed E-state index contributed by atoms with van der Waals surface area (Å²) >= 11 is 0. The third kappa shape index (κ3) is 16.5. The number of rotatable bonds is 11. The molecule has 0 aliphatic heterocycles. The van der Waals surface area contributed by atoms with E-state index in [4.69, 9.17) is 0 Å². The molecule has 0 aromatic carbocycles. The molecule has 0 heterocycles. The van der Waals surface area contributed by atoms with Gasteiger partial charge in [0, 0.05) is 19.3 Å². The average molecular weight is 290 g/mol. The van der Waals surface area contributed by atoms with Crippen molar-refractivity contribution in [1.29, 1.82) is 0 Å². The molecule has 0 bridgehead atoms. The molecule has 0 aliphatic rings. The number of hydrogen-bond donors (Lipinski definition) is 0. The Morgan fingerprint density at radius 1 is 0.810 bits per heavy atom. The fourth-order valence-electron chi connectivity index (χ4n) is 1.97. The number of methoxy groups -OCH3 is 1. The van der Waals surface area contributed by atoms with Crippen molar-refractivity contribution in [2.75, 3.05) is 7.11 Å². The summed E-state index contributed by atoms with van der Waals surface area (Å²) in [5.41, 5.74) is 0. The Kier molecular flexibility index (Phi) is 15.5. The van der Waals surface area contributed by atoms with E-state index in [2.05, 4.69) is 35.3 Å². The second-order valence-electron chi connectivity index (χ2n) is 5.26. The molecular weight excluding hydrogens is 260 g/mol.